The molecule has 2 aromatic heterocycles. The van der Waals surface area contributed by atoms with Crippen molar-refractivity contribution in [3.05, 3.63) is 82.9 Å². The fraction of sp³-hybridized carbons (Fsp3) is 0.105. The van der Waals surface area contributed by atoms with Gasteiger partial charge in [0.2, 0.25) is 0 Å². The predicted octanol–water partition coefficient (Wildman–Crippen LogP) is 3.90. The number of nitro benzene ring substituents is 1. The van der Waals surface area contributed by atoms with Gasteiger partial charge >= 0.3 is 0 Å². The zero-order valence-electron chi connectivity index (χ0n) is 14.5. The van der Waals surface area contributed by atoms with E-state index in [4.69, 9.17) is 0 Å². The number of nitro groups is 1. The van der Waals surface area contributed by atoms with Gasteiger partial charge in [-0.05, 0) is 31.2 Å². The van der Waals surface area contributed by atoms with Crippen molar-refractivity contribution in [3.63, 3.8) is 0 Å². The minimum atomic E-state index is -0.400. The number of non-ortho nitro benzene ring substituents is 1. The normalized spacial score (nSPS) is 12.0. The number of pyridine rings is 1. The third-order valence-corrected chi connectivity index (χ3v) is 4.34. The van der Waals surface area contributed by atoms with E-state index in [1.165, 1.54) is 12.3 Å². The van der Waals surface area contributed by atoms with Crippen LogP contribution in [0.3, 0.4) is 0 Å². The highest BCUT2D eigenvalue weighted by atomic mass is 16.6. The maximum Gasteiger partial charge on any atom is 0.278 e. The summed E-state index contributed by atoms with van der Waals surface area (Å²) >= 11 is 0. The Labute approximate surface area is 154 Å². The smallest absolute Gasteiger partial charge is 0.278 e. The van der Waals surface area contributed by atoms with Crippen molar-refractivity contribution in [2.75, 3.05) is 5.32 Å². The van der Waals surface area contributed by atoms with Crippen LogP contribution in [0.2, 0.25) is 0 Å². The number of nitrogens with zero attached hydrogens (tertiary/aromatic N) is 5. The van der Waals surface area contributed by atoms with Gasteiger partial charge in [-0.15, -0.1) is 5.10 Å². The number of rotatable bonds is 5. The summed E-state index contributed by atoms with van der Waals surface area (Å²) in [5, 5.41) is 24.3. The maximum atomic E-state index is 11.2. The van der Waals surface area contributed by atoms with Gasteiger partial charge < -0.3 is 5.32 Å². The molecule has 0 amide bonds. The highest BCUT2D eigenvalue weighted by Crippen LogP contribution is 2.32. The Kier molecular flexibility index (Phi) is 4.21. The Morgan fingerprint density at radius 1 is 1.11 bits per heavy atom. The fourth-order valence-electron chi connectivity index (χ4n) is 2.95. The first-order valence-corrected chi connectivity index (χ1v) is 8.39. The minimum Gasteiger partial charge on any atom is -0.376 e. The molecule has 4 aromatic rings. The van der Waals surface area contributed by atoms with Gasteiger partial charge in [0.1, 0.15) is 5.69 Å². The first kappa shape index (κ1) is 16.6. The lowest BCUT2D eigenvalue weighted by molar-refractivity contribution is -0.383. The molecule has 0 spiro atoms. The quantitative estimate of drug-likeness (QED) is 0.428. The average Bonchev–Trinajstić information content (AvgIpc) is 3.19. The summed E-state index contributed by atoms with van der Waals surface area (Å²) in [6, 6.07) is 14.5. The van der Waals surface area contributed by atoms with Crippen LogP contribution in [0.4, 0.5) is 11.4 Å². The van der Waals surface area contributed by atoms with E-state index in [2.05, 4.69) is 20.6 Å². The van der Waals surface area contributed by atoms with Crippen molar-refractivity contribution < 1.29 is 4.92 Å². The molecule has 0 radical (unpaired) electrons. The van der Waals surface area contributed by atoms with E-state index in [0.717, 1.165) is 22.5 Å². The second-order valence-electron chi connectivity index (χ2n) is 6.10. The van der Waals surface area contributed by atoms with Crippen LogP contribution in [0.15, 0.2) is 67.1 Å². The zero-order valence-corrected chi connectivity index (χ0v) is 14.5. The van der Waals surface area contributed by atoms with Crippen LogP contribution in [0, 0.1) is 10.1 Å². The number of nitrogens with one attached hydrogen (secondary N) is 1. The summed E-state index contributed by atoms with van der Waals surface area (Å²) in [6.45, 7) is 1.97. The Morgan fingerprint density at radius 2 is 1.93 bits per heavy atom. The Hall–Kier alpha value is -3.81. The molecule has 0 bridgehead atoms. The molecule has 27 heavy (non-hydrogen) atoms. The summed E-state index contributed by atoms with van der Waals surface area (Å²) in [6.07, 6.45) is 4.99. The van der Waals surface area contributed by atoms with E-state index >= 15 is 0 Å². The largest absolute Gasteiger partial charge is 0.376 e. The van der Waals surface area contributed by atoms with Crippen LogP contribution in [-0.4, -0.2) is 24.9 Å². The SMILES string of the molecule is CC(Nc1ccc([N+](=O)[O-])c2cnccc12)c1cn(-c2ccccc2)nn1. The molecule has 0 saturated heterocycles. The number of hydrogen-bond donors (Lipinski definition) is 1. The lowest BCUT2D eigenvalue weighted by Gasteiger charge is -2.14. The predicted molar refractivity (Wildman–Crippen MR) is 102 cm³/mol. The highest BCUT2D eigenvalue weighted by molar-refractivity contribution is 5.99. The summed E-state index contributed by atoms with van der Waals surface area (Å²) in [7, 11) is 0. The number of anilines is 1. The molecule has 8 heteroatoms. The first-order valence-electron chi connectivity index (χ1n) is 8.39. The number of hydrogen-bond acceptors (Lipinski definition) is 6. The lowest BCUT2D eigenvalue weighted by Crippen LogP contribution is -2.08. The molecule has 0 fully saturated rings. The van der Waals surface area contributed by atoms with Gasteiger partial charge in [0, 0.05) is 29.5 Å². The van der Waals surface area contributed by atoms with Crippen LogP contribution in [0.1, 0.15) is 18.7 Å². The van der Waals surface area contributed by atoms with Crippen LogP contribution >= 0.6 is 0 Å². The molecule has 1 N–H and O–H groups in total. The van der Waals surface area contributed by atoms with E-state index in [9.17, 15) is 10.1 Å². The van der Waals surface area contributed by atoms with E-state index in [-0.39, 0.29) is 11.7 Å². The van der Waals surface area contributed by atoms with Crippen molar-refractivity contribution in [3.8, 4) is 5.69 Å². The van der Waals surface area contributed by atoms with E-state index in [1.807, 2.05) is 43.5 Å². The van der Waals surface area contributed by atoms with Gasteiger partial charge in [-0.25, -0.2) is 4.68 Å². The molecule has 134 valence electrons. The maximum absolute atomic E-state index is 11.2. The van der Waals surface area contributed by atoms with E-state index in [1.54, 1.807) is 23.0 Å². The van der Waals surface area contributed by atoms with E-state index in [0.29, 0.717) is 5.39 Å². The molecule has 4 rings (SSSR count). The molecule has 1 unspecified atom stereocenters. The molecule has 2 aromatic carbocycles. The first-order chi connectivity index (χ1) is 13.1. The zero-order chi connectivity index (χ0) is 18.8. The molecule has 0 aliphatic heterocycles. The van der Waals surface area contributed by atoms with Gasteiger partial charge in [0.05, 0.1) is 28.2 Å². The second-order valence-corrected chi connectivity index (χ2v) is 6.10. The third-order valence-electron chi connectivity index (χ3n) is 4.34. The summed E-state index contributed by atoms with van der Waals surface area (Å²) in [5.41, 5.74) is 2.50. The molecule has 2 heterocycles. The molecule has 0 saturated carbocycles. The van der Waals surface area contributed by atoms with Crippen molar-refractivity contribution in [1.29, 1.82) is 0 Å². The topological polar surface area (TPSA) is 98.8 Å². The summed E-state index contributed by atoms with van der Waals surface area (Å²) in [5.74, 6) is 0. The second kappa shape index (κ2) is 6.83. The molecular weight excluding hydrogens is 344 g/mol. The minimum absolute atomic E-state index is 0.0336. The van der Waals surface area contributed by atoms with Crippen molar-refractivity contribution in [1.82, 2.24) is 20.0 Å². The average molecular weight is 360 g/mol. The van der Waals surface area contributed by atoms with Gasteiger partial charge in [-0.3, -0.25) is 15.1 Å². The van der Waals surface area contributed by atoms with Crippen LogP contribution in [0.25, 0.3) is 16.5 Å². The molecule has 1 atom stereocenters. The van der Waals surface area contributed by atoms with Crippen molar-refractivity contribution in [2.45, 2.75) is 13.0 Å². The van der Waals surface area contributed by atoms with Crippen LogP contribution in [0.5, 0.6) is 0 Å². The lowest BCUT2D eigenvalue weighted by atomic mass is 10.1. The number of benzene rings is 2. The molecule has 8 nitrogen and oxygen atoms in total. The highest BCUT2D eigenvalue weighted by Gasteiger charge is 2.17. The van der Waals surface area contributed by atoms with Gasteiger partial charge in [0.15, 0.2) is 0 Å². The monoisotopic (exact) mass is 360 g/mol. The van der Waals surface area contributed by atoms with E-state index < -0.39 is 4.92 Å². The Morgan fingerprint density at radius 3 is 2.70 bits per heavy atom. The van der Waals surface area contributed by atoms with Crippen molar-refractivity contribution in [2.24, 2.45) is 0 Å². The fourth-order valence-corrected chi connectivity index (χ4v) is 2.95. The van der Waals surface area contributed by atoms with Crippen molar-refractivity contribution >= 4 is 22.1 Å². The standard InChI is InChI=1S/C19H16N6O2/c1-13(18-12-24(23-22-18)14-5-3-2-4-6-14)21-17-7-8-19(25(26)27)16-11-20-10-9-15(16)17/h2-13,21H,1H3. The molecule has 0 aliphatic carbocycles. The van der Waals surface area contributed by atoms with Gasteiger partial charge in [0.25, 0.3) is 5.69 Å². The van der Waals surface area contributed by atoms with Gasteiger partial charge in [-0.1, -0.05) is 23.4 Å². The van der Waals surface area contributed by atoms with Crippen LogP contribution in [-0.2, 0) is 0 Å². The number of para-hydroxylation sites is 1. The Bertz CT molecular complexity index is 1110. The number of aromatic nitrogens is 4. The molecule has 0 aliphatic rings. The summed E-state index contributed by atoms with van der Waals surface area (Å²) in [4.78, 5) is 14.9. The van der Waals surface area contributed by atoms with Crippen LogP contribution < -0.4 is 5.32 Å². The molecular formula is C19H16N6O2. The number of fused-ring (bicyclic) bond motifs is 1. The van der Waals surface area contributed by atoms with Gasteiger partial charge in [-0.2, -0.15) is 0 Å². The third kappa shape index (κ3) is 3.20. The Balaban J connectivity index is 1.64. The summed E-state index contributed by atoms with van der Waals surface area (Å²) < 4.78 is 1.71.